The average Bonchev–Trinajstić information content (AvgIpc) is 2.72. The molecule has 1 aliphatic rings. The molecule has 0 amide bonds. The zero-order valence-electron chi connectivity index (χ0n) is 13.5. The molecule has 0 radical (unpaired) electrons. The summed E-state index contributed by atoms with van der Waals surface area (Å²) in [6.07, 6.45) is 8.89. The first-order chi connectivity index (χ1) is 8.35. The molecule has 0 fully saturated rings. The Labute approximate surface area is 142 Å². The summed E-state index contributed by atoms with van der Waals surface area (Å²) in [6, 6.07) is 0. The van der Waals surface area contributed by atoms with Crippen molar-refractivity contribution >= 4 is 13.3 Å². The third-order valence-corrected chi connectivity index (χ3v) is 5.61. The monoisotopic (exact) mass is 405 g/mol. The second-order valence-corrected chi connectivity index (χ2v) is 15.1. The van der Waals surface area contributed by atoms with Crippen molar-refractivity contribution in [3.05, 3.63) is 39.8 Å². The van der Waals surface area contributed by atoms with Crippen molar-refractivity contribution in [2.24, 2.45) is 0 Å². The first-order valence-electron chi connectivity index (χ1n) is 6.57. The van der Waals surface area contributed by atoms with Gasteiger partial charge in [-0.3, -0.25) is 0 Å². The summed E-state index contributed by atoms with van der Waals surface area (Å²) in [5, 5.41) is 0. The van der Waals surface area contributed by atoms with E-state index in [4.69, 9.17) is 17.2 Å². The van der Waals surface area contributed by atoms with Crippen LogP contribution in [-0.4, -0.2) is 32.9 Å². The van der Waals surface area contributed by atoms with Crippen LogP contribution in [0.25, 0.3) is 17.2 Å². The molecule has 0 aliphatic heterocycles. The molecule has 3 N–H and O–H groups in total. The van der Waals surface area contributed by atoms with E-state index in [-0.39, 0.29) is 26.2 Å². The van der Waals surface area contributed by atoms with Crippen LogP contribution in [0.1, 0.15) is 27.2 Å². The van der Waals surface area contributed by atoms with E-state index in [9.17, 15) is 0 Å². The van der Waals surface area contributed by atoms with Gasteiger partial charge in [0.15, 0.2) is 0 Å². The Morgan fingerprint density at radius 1 is 1.00 bits per heavy atom. The molecule has 0 unspecified atom stereocenters. The fraction of sp³-hybridized carbons (Fsp3) is 0.714. The van der Waals surface area contributed by atoms with Crippen LogP contribution >= 0.6 is 0 Å². The maximum absolute atomic E-state index is 6.21. The zero-order valence-corrected chi connectivity index (χ0v) is 18.0. The molecular weight excluding hydrogens is 374 g/mol. The summed E-state index contributed by atoms with van der Waals surface area (Å²) < 4.78 is 1.54. The molecule has 0 aromatic rings. The van der Waals surface area contributed by atoms with Crippen LogP contribution < -0.4 is 0 Å². The van der Waals surface area contributed by atoms with Gasteiger partial charge in [-0.15, -0.1) is 0 Å². The maximum Gasteiger partial charge on any atom is 4.00 e. The van der Waals surface area contributed by atoms with Crippen molar-refractivity contribution in [2.45, 2.75) is 44.5 Å². The van der Waals surface area contributed by atoms with Gasteiger partial charge in [0, 0.05) is 0 Å². The van der Waals surface area contributed by atoms with Crippen molar-refractivity contribution in [3.8, 4) is 0 Å². The van der Waals surface area contributed by atoms with Gasteiger partial charge in [0.25, 0.3) is 0 Å². The standard InChI is InChI=1S/C8H13Ge.3C2H6N.Zr/c1-9(2,3)8-6-4-5-7-8;3*1-2-3;/h4,6H,5H2,1-3H3;3*3H,2H2,1H3;/q4*-1;+4. The predicted octanol–water partition coefficient (Wildman–Crippen LogP) is 5.73. The van der Waals surface area contributed by atoms with E-state index in [1.807, 2.05) is 0 Å². The average molecular weight is 405 g/mol. The zero-order chi connectivity index (χ0) is 15.0. The second-order valence-electron chi connectivity index (χ2n) is 4.51. The van der Waals surface area contributed by atoms with Crippen molar-refractivity contribution < 1.29 is 26.2 Å². The Balaban J connectivity index is -0.0000000956. The molecule has 110 valence electrons. The molecule has 3 nitrogen and oxygen atoms in total. The van der Waals surface area contributed by atoms with Crippen LogP contribution in [-0.2, 0) is 26.2 Å². The minimum atomic E-state index is -1.46. The molecule has 0 heterocycles. The van der Waals surface area contributed by atoms with Gasteiger partial charge in [-0.05, 0) is 0 Å². The van der Waals surface area contributed by atoms with Crippen molar-refractivity contribution in [2.75, 3.05) is 19.6 Å². The van der Waals surface area contributed by atoms with Crippen LogP contribution in [0.5, 0.6) is 0 Å². The van der Waals surface area contributed by atoms with E-state index < -0.39 is 13.3 Å². The third kappa shape index (κ3) is 27.9. The summed E-state index contributed by atoms with van der Waals surface area (Å²) in [5.74, 6) is 7.20. The smallest absolute Gasteiger partial charge is 4.00 e. The molecule has 19 heavy (non-hydrogen) atoms. The normalized spacial score (nSPS) is 11.5. The summed E-state index contributed by atoms with van der Waals surface area (Å²) >= 11 is -1.46. The number of hydrogen-bond acceptors (Lipinski definition) is 0. The second kappa shape index (κ2) is 21.1. The van der Waals surface area contributed by atoms with E-state index in [1.54, 1.807) is 20.8 Å². The fourth-order valence-corrected chi connectivity index (χ4v) is 3.54. The van der Waals surface area contributed by atoms with Crippen molar-refractivity contribution in [1.82, 2.24) is 0 Å². The Morgan fingerprint density at radius 3 is 1.42 bits per heavy atom. The number of hydrogen-bond donors (Lipinski definition) is 0. The largest absolute Gasteiger partial charge is 4.00 e. The summed E-state index contributed by atoms with van der Waals surface area (Å²) in [7, 11) is 0. The van der Waals surface area contributed by atoms with Gasteiger partial charge in [0.05, 0.1) is 0 Å². The third-order valence-electron chi connectivity index (χ3n) is 1.50. The Morgan fingerprint density at radius 2 is 1.32 bits per heavy atom. The topological polar surface area (TPSA) is 71.4 Å². The molecule has 5 heteroatoms. The molecule has 0 atom stereocenters. The molecule has 1 rings (SSSR count). The van der Waals surface area contributed by atoms with Crippen LogP contribution in [0.15, 0.2) is 16.6 Å². The van der Waals surface area contributed by atoms with Crippen LogP contribution in [0.2, 0.25) is 17.3 Å². The number of allylic oxidation sites excluding steroid dienone is 4. The number of nitrogens with one attached hydrogen (secondary N) is 3. The van der Waals surface area contributed by atoms with Crippen LogP contribution in [0.3, 0.4) is 0 Å². The molecule has 1 aliphatic carbocycles. The molecule has 0 saturated carbocycles. The van der Waals surface area contributed by atoms with Crippen molar-refractivity contribution in [3.63, 3.8) is 0 Å². The molecule has 0 saturated heterocycles. The quantitative estimate of drug-likeness (QED) is 0.395. The van der Waals surface area contributed by atoms with E-state index >= 15 is 0 Å². The SMILES string of the molecule is CC[NH-].CC[NH-].CC[NH-].[CH3][Ge]([CH3])([CH3])[C]1=[C-]CC=C1.[Zr+4]. The van der Waals surface area contributed by atoms with E-state index in [1.165, 1.54) is 4.41 Å². The van der Waals surface area contributed by atoms with Gasteiger partial charge >= 0.3 is 85.8 Å². The van der Waals surface area contributed by atoms with Crippen LogP contribution in [0, 0.1) is 6.08 Å². The van der Waals surface area contributed by atoms with E-state index in [2.05, 4.69) is 35.5 Å². The summed E-state index contributed by atoms with van der Waals surface area (Å²) in [4.78, 5) is 0. The molecule has 0 bridgehead atoms. The number of rotatable bonds is 1. The van der Waals surface area contributed by atoms with E-state index in [0.717, 1.165) is 6.42 Å². The summed E-state index contributed by atoms with van der Waals surface area (Å²) in [5.41, 5.74) is 18.6. The van der Waals surface area contributed by atoms with Gasteiger partial charge in [-0.25, -0.2) is 0 Å². The van der Waals surface area contributed by atoms with Crippen molar-refractivity contribution in [1.29, 1.82) is 0 Å². The molecular formula is C14H31GeN3Zr. The van der Waals surface area contributed by atoms with Gasteiger partial charge in [0.2, 0.25) is 0 Å². The van der Waals surface area contributed by atoms with Gasteiger partial charge < -0.3 is 17.2 Å². The minimum absolute atomic E-state index is 0. The minimum Gasteiger partial charge on any atom is 4.00 e. The Bertz CT molecular complexity index is 206. The molecule has 0 aromatic carbocycles. The Hall–Kier alpha value is 0.786. The summed E-state index contributed by atoms with van der Waals surface area (Å²) in [6.45, 7) is 6.88. The first-order valence-corrected chi connectivity index (χ1v) is 13.9. The maximum atomic E-state index is 6.21. The van der Waals surface area contributed by atoms with Gasteiger partial charge in [-0.2, -0.15) is 19.6 Å². The molecule has 0 aromatic heterocycles. The van der Waals surface area contributed by atoms with E-state index in [0.29, 0.717) is 19.6 Å². The van der Waals surface area contributed by atoms with Gasteiger partial charge in [-0.1, -0.05) is 20.8 Å². The first kappa shape index (κ1) is 28.0. The van der Waals surface area contributed by atoms with Gasteiger partial charge in [0.1, 0.15) is 0 Å². The fourth-order valence-electron chi connectivity index (χ4n) is 0.920. The predicted molar refractivity (Wildman–Crippen MR) is 88.4 cm³/mol. The Kier molecular flexibility index (Phi) is 31.1. The molecule has 0 spiro atoms. The van der Waals surface area contributed by atoms with Crippen LogP contribution in [0.4, 0.5) is 0 Å².